The standard InChI is InChI=1S/C15H17ClN2O2S/c1-11(8-13-4-3-7-21-13)17(2)14-6-5-12(10-16)9-15(14)18(19)20/h3-7,9,11H,8,10H2,1-2H3. The second-order valence-corrected chi connectivity index (χ2v) is 6.26. The average Bonchev–Trinajstić information content (AvgIpc) is 2.98. The topological polar surface area (TPSA) is 46.4 Å². The molecule has 0 N–H and O–H groups in total. The van der Waals surface area contributed by atoms with E-state index in [4.69, 9.17) is 11.6 Å². The Kier molecular flexibility index (Phi) is 5.20. The van der Waals surface area contributed by atoms with Crippen molar-refractivity contribution in [1.82, 2.24) is 0 Å². The summed E-state index contributed by atoms with van der Waals surface area (Å²) in [5.41, 5.74) is 1.48. The summed E-state index contributed by atoms with van der Waals surface area (Å²) in [4.78, 5) is 14.2. The molecule has 1 atom stereocenters. The fraction of sp³-hybridized carbons (Fsp3) is 0.333. The molecule has 0 aliphatic heterocycles. The first-order chi connectivity index (χ1) is 10.0. The first-order valence-corrected chi connectivity index (χ1v) is 8.03. The van der Waals surface area contributed by atoms with Crippen LogP contribution in [0, 0.1) is 10.1 Å². The van der Waals surface area contributed by atoms with Crippen molar-refractivity contribution in [2.75, 3.05) is 11.9 Å². The molecule has 0 aliphatic rings. The maximum Gasteiger partial charge on any atom is 0.292 e. The van der Waals surface area contributed by atoms with Gasteiger partial charge in [-0.15, -0.1) is 22.9 Å². The molecule has 0 saturated heterocycles. The lowest BCUT2D eigenvalue weighted by molar-refractivity contribution is -0.384. The molecule has 0 amide bonds. The van der Waals surface area contributed by atoms with Crippen LogP contribution in [-0.4, -0.2) is 18.0 Å². The van der Waals surface area contributed by atoms with E-state index in [-0.39, 0.29) is 22.5 Å². The Labute approximate surface area is 133 Å². The van der Waals surface area contributed by atoms with Gasteiger partial charge in [-0.2, -0.15) is 0 Å². The van der Waals surface area contributed by atoms with Gasteiger partial charge in [0.15, 0.2) is 0 Å². The molecule has 112 valence electrons. The molecule has 0 aliphatic carbocycles. The largest absolute Gasteiger partial charge is 0.366 e. The Balaban J connectivity index is 2.25. The smallest absolute Gasteiger partial charge is 0.292 e. The molecular formula is C15H17ClN2O2S. The Hall–Kier alpha value is -1.59. The molecule has 21 heavy (non-hydrogen) atoms. The monoisotopic (exact) mass is 324 g/mol. The molecule has 4 nitrogen and oxygen atoms in total. The van der Waals surface area contributed by atoms with Gasteiger partial charge in [-0.25, -0.2) is 0 Å². The van der Waals surface area contributed by atoms with Gasteiger partial charge in [-0.1, -0.05) is 12.1 Å². The van der Waals surface area contributed by atoms with Gasteiger partial charge < -0.3 is 4.90 Å². The molecule has 1 aromatic heterocycles. The van der Waals surface area contributed by atoms with E-state index in [1.165, 1.54) is 4.88 Å². The van der Waals surface area contributed by atoms with Crippen LogP contribution in [0.5, 0.6) is 0 Å². The fourth-order valence-corrected chi connectivity index (χ4v) is 3.18. The Morgan fingerprint density at radius 1 is 1.43 bits per heavy atom. The lowest BCUT2D eigenvalue weighted by Crippen LogP contribution is -2.31. The minimum Gasteiger partial charge on any atom is -0.366 e. The van der Waals surface area contributed by atoms with Crippen molar-refractivity contribution in [3.05, 3.63) is 56.3 Å². The normalized spacial score (nSPS) is 12.1. The summed E-state index contributed by atoms with van der Waals surface area (Å²) in [6.45, 7) is 2.07. The lowest BCUT2D eigenvalue weighted by atomic mass is 10.1. The van der Waals surface area contributed by atoms with Crippen LogP contribution in [-0.2, 0) is 12.3 Å². The molecule has 0 fully saturated rings. The average molecular weight is 325 g/mol. The number of nitrogens with zero attached hydrogens (tertiary/aromatic N) is 2. The highest BCUT2D eigenvalue weighted by Gasteiger charge is 2.21. The molecule has 0 saturated carbocycles. The summed E-state index contributed by atoms with van der Waals surface area (Å²) < 4.78 is 0. The third-order valence-corrected chi connectivity index (χ3v) is 4.72. The van der Waals surface area contributed by atoms with Crippen LogP contribution in [0.25, 0.3) is 0 Å². The van der Waals surface area contributed by atoms with Gasteiger partial charge in [-0.3, -0.25) is 10.1 Å². The number of nitro groups is 1. The number of benzene rings is 1. The highest BCUT2D eigenvalue weighted by Crippen LogP contribution is 2.31. The lowest BCUT2D eigenvalue weighted by Gasteiger charge is -2.26. The van der Waals surface area contributed by atoms with Crippen molar-refractivity contribution in [1.29, 1.82) is 0 Å². The summed E-state index contributed by atoms with van der Waals surface area (Å²) in [6, 6.07) is 9.44. The predicted octanol–water partition coefficient (Wildman–Crippen LogP) is 4.46. The molecule has 0 bridgehead atoms. The maximum atomic E-state index is 11.3. The van der Waals surface area contributed by atoms with Gasteiger partial charge >= 0.3 is 0 Å². The van der Waals surface area contributed by atoms with Gasteiger partial charge in [0.25, 0.3) is 5.69 Å². The predicted molar refractivity (Wildman–Crippen MR) is 88.5 cm³/mol. The van der Waals surface area contributed by atoms with E-state index in [9.17, 15) is 10.1 Å². The second kappa shape index (κ2) is 6.91. The highest BCUT2D eigenvalue weighted by atomic mass is 35.5. The molecule has 1 unspecified atom stereocenters. The number of alkyl halides is 1. The van der Waals surface area contributed by atoms with Crippen molar-refractivity contribution in [2.45, 2.75) is 25.3 Å². The zero-order valence-corrected chi connectivity index (χ0v) is 13.5. The van der Waals surface area contributed by atoms with Gasteiger partial charge in [0.2, 0.25) is 0 Å². The minimum atomic E-state index is -0.347. The summed E-state index contributed by atoms with van der Waals surface area (Å²) in [7, 11) is 1.89. The van der Waals surface area contributed by atoms with Gasteiger partial charge in [-0.05, 0) is 30.0 Å². The summed E-state index contributed by atoms with van der Waals surface area (Å²) in [5, 5.41) is 13.3. The van der Waals surface area contributed by atoms with Gasteiger partial charge in [0.1, 0.15) is 5.69 Å². The molecule has 0 spiro atoms. The van der Waals surface area contributed by atoms with Gasteiger partial charge in [0, 0.05) is 36.3 Å². The van der Waals surface area contributed by atoms with E-state index in [2.05, 4.69) is 13.0 Å². The number of halogens is 1. The maximum absolute atomic E-state index is 11.3. The zero-order valence-electron chi connectivity index (χ0n) is 12.0. The highest BCUT2D eigenvalue weighted by molar-refractivity contribution is 7.09. The zero-order chi connectivity index (χ0) is 15.4. The van der Waals surface area contributed by atoms with Crippen molar-refractivity contribution >= 4 is 34.3 Å². The summed E-state index contributed by atoms with van der Waals surface area (Å²) in [5.74, 6) is 0.273. The van der Waals surface area contributed by atoms with Crippen LogP contribution in [0.4, 0.5) is 11.4 Å². The van der Waals surface area contributed by atoms with Crippen molar-refractivity contribution in [3.63, 3.8) is 0 Å². The quantitative estimate of drug-likeness (QED) is 0.447. The van der Waals surface area contributed by atoms with E-state index in [0.29, 0.717) is 5.69 Å². The number of anilines is 1. The van der Waals surface area contributed by atoms with Gasteiger partial charge in [0.05, 0.1) is 4.92 Å². The second-order valence-electron chi connectivity index (χ2n) is 4.96. The molecule has 6 heteroatoms. The fourth-order valence-electron chi connectivity index (χ4n) is 2.19. The van der Waals surface area contributed by atoms with Crippen molar-refractivity contribution in [2.24, 2.45) is 0 Å². The van der Waals surface area contributed by atoms with E-state index in [0.717, 1.165) is 12.0 Å². The van der Waals surface area contributed by atoms with E-state index in [1.807, 2.05) is 29.5 Å². The van der Waals surface area contributed by atoms with E-state index >= 15 is 0 Å². The summed E-state index contributed by atoms with van der Waals surface area (Å²) >= 11 is 7.46. The van der Waals surface area contributed by atoms with E-state index in [1.54, 1.807) is 23.5 Å². The Morgan fingerprint density at radius 3 is 2.76 bits per heavy atom. The van der Waals surface area contributed by atoms with Crippen LogP contribution >= 0.6 is 22.9 Å². The number of hydrogen-bond donors (Lipinski definition) is 0. The Morgan fingerprint density at radius 2 is 2.19 bits per heavy atom. The first-order valence-electron chi connectivity index (χ1n) is 6.61. The molecule has 0 radical (unpaired) electrons. The third kappa shape index (κ3) is 3.74. The molecule has 1 heterocycles. The summed E-state index contributed by atoms with van der Waals surface area (Å²) in [6.07, 6.45) is 0.864. The molecular weight excluding hydrogens is 308 g/mol. The first kappa shape index (κ1) is 15.8. The molecule has 2 rings (SSSR count). The minimum absolute atomic E-state index is 0.105. The SMILES string of the molecule is CC(Cc1cccs1)N(C)c1ccc(CCl)cc1[N+](=O)[O-]. The Bertz CT molecular complexity index is 616. The van der Waals surface area contributed by atoms with E-state index < -0.39 is 0 Å². The number of hydrogen-bond acceptors (Lipinski definition) is 4. The van der Waals surface area contributed by atoms with Crippen molar-refractivity contribution < 1.29 is 4.92 Å². The molecule has 1 aromatic carbocycles. The van der Waals surface area contributed by atoms with Crippen molar-refractivity contribution in [3.8, 4) is 0 Å². The van der Waals surface area contributed by atoms with Crippen LogP contribution < -0.4 is 4.90 Å². The van der Waals surface area contributed by atoms with Crippen LogP contribution in [0.2, 0.25) is 0 Å². The number of thiophene rings is 1. The van der Waals surface area contributed by atoms with Crippen LogP contribution in [0.3, 0.4) is 0 Å². The number of rotatable bonds is 6. The van der Waals surface area contributed by atoms with Crippen LogP contribution in [0.1, 0.15) is 17.4 Å². The number of likely N-dealkylation sites (N-methyl/N-ethyl adjacent to an activating group) is 1. The van der Waals surface area contributed by atoms with Crippen LogP contribution in [0.15, 0.2) is 35.7 Å². The number of nitro benzene ring substituents is 1. The molecule has 2 aromatic rings. The third-order valence-electron chi connectivity index (χ3n) is 3.51.